The number of hydrogen-bond acceptors (Lipinski definition) is 4. The van der Waals surface area contributed by atoms with E-state index in [-0.39, 0.29) is 36.2 Å². The van der Waals surface area contributed by atoms with Gasteiger partial charge >= 0.3 is 0 Å². The Bertz CT molecular complexity index is 1010. The molecule has 1 aliphatic heterocycles. The standard InChI is InChI=1S/C24H26ClN3O4/c1-32-18-11-9-15(10-12-18)24(31)28-20-8-3-2-7-19(20)27-23(30)21(28)14-22(29)26-17-6-4-5-16(25)13-17/h4-6,9-13,19-21H,2-3,7-8,14H2,1H3,(H,26,29)(H,27,30)/t19-,20-,21+/m1/s1. The van der Waals surface area contributed by atoms with E-state index < -0.39 is 6.04 Å². The van der Waals surface area contributed by atoms with Crippen LogP contribution in [0, 0.1) is 0 Å². The maximum Gasteiger partial charge on any atom is 0.254 e. The SMILES string of the molecule is COc1ccc(C(=O)N2[C@@H]3CCCC[C@H]3NC(=O)[C@@H]2CC(=O)Nc2cccc(Cl)c2)cc1. The van der Waals surface area contributed by atoms with Crippen molar-refractivity contribution in [1.29, 1.82) is 0 Å². The Morgan fingerprint density at radius 1 is 1.16 bits per heavy atom. The lowest BCUT2D eigenvalue weighted by molar-refractivity contribution is -0.135. The second kappa shape index (κ2) is 9.61. The predicted molar refractivity (Wildman–Crippen MR) is 122 cm³/mol. The van der Waals surface area contributed by atoms with Gasteiger partial charge in [0.2, 0.25) is 11.8 Å². The van der Waals surface area contributed by atoms with E-state index in [1.165, 1.54) is 0 Å². The molecule has 2 aromatic carbocycles. The molecule has 8 heteroatoms. The fourth-order valence-electron chi connectivity index (χ4n) is 4.57. The molecule has 168 valence electrons. The predicted octanol–water partition coefficient (Wildman–Crippen LogP) is 3.63. The molecule has 2 aromatic rings. The van der Waals surface area contributed by atoms with E-state index >= 15 is 0 Å². The molecule has 1 aliphatic carbocycles. The molecule has 1 saturated heterocycles. The van der Waals surface area contributed by atoms with Gasteiger partial charge in [-0.1, -0.05) is 30.5 Å². The summed E-state index contributed by atoms with van der Waals surface area (Å²) in [6.45, 7) is 0. The summed E-state index contributed by atoms with van der Waals surface area (Å²) < 4.78 is 5.18. The zero-order chi connectivity index (χ0) is 22.7. The molecule has 0 spiro atoms. The Kier molecular flexibility index (Phi) is 6.65. The van der Waals surface area contributed by atoms with E-state index in [1.54, 1.807) is 60.5 Å². The van der Waals surface area contributed by atoms with Crippen LogP contribution in [-0.2, 0) is 9.59 Å². The number of rotatable bonds is 5. The molecular weight excluding hydrogens is 430 g/mol. The van der Waals surface area contributed by atoms with Crippen LogP contribution in [0.4, 0.5) is 5.69 Å². The highest BCUT2D eigenvalue weighted by Gasteiger charge is 2.46. The average Bonchev–Trinajstić information content (AvgIpc) is 2.79. The number of hydrogen-bond donors (Lipinski definition) is 2. The fraction of sp³-hybridized carbons (Fsp3) is 0.375. The van der Waals surface area contributed by atoms with Gasteiger partial charge in [-0.15, -0.1) is 0 Å². The second-order valence-corrected chi connectivity index (χ2v) is 8.62. The van der Waals surface area contributed by atoms with Crippen molar-refractivity contribution in [2.24, 2.45) is 0 Å². The minimum absolute atomic E-state index is 0.0920. The quantitative estimate of drug-likeness (QED) is 0.720. The normalized spacial score (nSPS) is 22.5. The van der Waals surface area contributed by atoms with E-state index in [0.29, 0.717) is 22.0 Å². The van der Waals surface area contributed by atoms with Crippen molar-refractivity contribution in [3.05, 3.63) is 59.1 Å². The Morgan fingerprint density at radius 2 is 1.91 bits per heavy atom. The van der Waals surface area contributed by atoms with Gasteiger partial charge in [0, 0.05) is 22.3 Å². The van der Waals surface area contributed by atoms with Crippen LogP contribution in [0.1, 0.15) is 42.5 Å². The monoisotopic (exact) mass is 455 g/mol. The summed E-state index contributed by atoms with van der Waals surface area (Å²) in [6.07, 6.45) is 3.46. The molecule has 3 amide bonds. The second-order valence-electron chi connectivity index (χ2n) is 8.19. The van der Waals surface area contributed by atoms with Crippen molar-refractivity contribution in [3.63, 3.8) is 0 Å². The van der Waals surface area contributed by atoms with Gasteiger partial charge in [-0.05, 0) is 55.3 Å². The molecule has 32 heavy (non-hydrogen) atoms. The minimum atomic E-state index is -0.886. The molecule has 2 aliphatic rings. The van der Waals surface area contributed by atoms with E-state index in [0.717, 1.165) is 25.7 Å². The Balaban J connectivity index is 1.59. The molecule has 0 radical (unpaired) electrons. The van der Waals surface area contributed by atoms with E-state index in [1.807, 2.05) is 0 Å². The van der Waals surface area contributed by atoms with Gasteiger partial charge < -0.3 is 20.3 Å². The number of nitrogens with zero attached hydrogens (tertiary/aromatic N) is 1. The maximum absolute atomic E-state index is 13.6. The summed E-state index contributed by atoms with van der Waals surface area (Å²) in [7, 11) is 1.56. The lowest BCUT2D eigenvalue weighted by atomic mass is 9.84. The van der Waals surface area contributed by atoms with Crippen molar-refractivity contribution >= 4 is 35.0 Å². The first-order chi connectivity index (χ1) is 15.5. The van der Waals surface area contributed by atoms with Gasteiger partial charge in [0.05, 0.1) is 19.6 Å². The van der Waals surface area contributed by atoms with Crippen molar-refractivity contribution in [3.8, 4) is 5.75 Å². The van der Waals surface area contributed by atoms with E-state index in [2.05, 4.69) is 10.6 Å². The smallest absolute Gasteiger partial charge is 0.254 e. The number of methoxy groups -OCH3 is 1. The molecule has 7 nitrogen and oxygen atoms in total. The van der Waals surface area contributed by atoms with Gasteiger partial charge in [0.15, 0.2) is 0 Å². The lowest BCUT2D eigenvalue weighted by Crippen LogP contribution is -2.68. The van der Waals surface area contributed by atoms with Crippen LogP contribution in [0.15, 0.2) is 48.5 Å². The number of ether oxygens (including phenoxy) is 1. The number of piperazine rings is 1. The van der Waals surface area contributed by atoms with Gasteiger partial charge in [-0.25, -0.2) is 0 Å². The molecule has 2 fully saturated rings. The summed E-state index contributed by atoms with van der Waals surface area (Å²) in [4.78, 5) is 41.0. The summed E-state index contributed by atoms with van der Waals surface area (Å²) in [5.41, 5.74) is 1.01. The van der Waals surface area contributed by atoms with Gasteiger partial charge in [-0.3, -0.25) is 14.4 Å². The molecule has 0 bridgehead atoms. The van der Waals surface area contributed by atoms with Crippen LogP contribution >= 0.6 is 11.6 Å². The summed E-state index contributed by atoms with van der Waals surface area (Å²) >= 11 is 6.00. The molecule has 1 heterocycles. The number of fused-ring (bicyclic) bond motifs is 1. The number of carbonyl (C=O) groups is 3. The molecule has 1 saturated carbocycles. The van der Waals surface area contributed by atoms with Crippen molar-refractivity contribution in [2.45, 2.75) is 50.2 Å². The molecule has 4 rings (SSSR count). The van der Waals surface area contributed by atoms with E-state index in [4.69, 9.17) is 16.3 Å². The highest BCUT2D eigenvalue weighted by atomic mass is 35.5. The third-order valence-corrected chi connectivity index (χ3v) is 6.35. The first kappa shape index (κ1) is 22.1. The molecule has 2 N–H and O–H groups in total. The van der Waals surface area contributed by atoms with Crippen LogP contribution in [0.5, 0.6) is 5.75 Å². The van der Waals surface area contributed by atoms with Crippen LogP contribution in [0.3, 0.4) is 0 Å². The van der Waals surface area contributed by atoms with Crippen molar-refractivity contribution < 1.29 is 19.1 Å². The maximum atomic E-state index is 13.6. The third kappa shape index (κ3) is 4.72. The summed E-state index contributed by atoms with van der Waals surface area (Å²) in [5.74, 6) is -0.253. The van der Waals surface area contributed by atoms with Gasteiger partial charge in [0.1, 0.15) is 11.8 Å². The van der Waals surface area contributed by atoms with Gasteiger partial charge in [0.25, 0.3) is 5.91 Å². The minimum Gasteiger partial charge on any atom is -0.497 e. The Hall–Kier alpha value is -3.06. The van der Waals surface area contributed by atoms with Crippen LogP contribution in [-0.4, -0.2) is 47.9 Å². The number of anilines is 1. The molecule has 0 unspecified atom stereocenters. The number of amides is 3. The van der Waals surface area contributed by atoms with E-state index in [9.17, 15) is 14.4 Å². The van der Waals surface area contributed by atoms with Gasteiger partial charge in [-0.2, -0.15) is 0 Å². The number of benzene rings is 2. The zero-order valence-corrected chi connectivity index (χ0v) is 18.6. The summed E-state index contributed by atoms with van der Waals surface area (Å²) in [6, 6.07) is 12.5. The van der Waals surface area contributed by atoms with Crippen LogP contribution in [0.2, 0.25) is 5.02 Å². The fourth-order valence-corrected chi connectivity index (χ4v) is 4.76. The highest BCUT2D eigenvalue weighted by molar-refractivity contribution is 6.30. The first-order valence-electron chi connectivity index (χ1n) is 10.8. The largest absolute Gasteiger partial charge is 0.497 e. The molecule has 3 atom stereocenters. The number of nitrogens with one attached hydrogen (secondary N) is 2. The average molecular weight is 456 g/mol. The Labute approximate surface area is 192 Å². The van der Waals surface area contributed by atoms with Crippen LogP contribution in [0.25, 0.3) is 0 Å². The first-order valence-corrected chi connectivity index (χ1v) is 11.2. The van der Waals surface area contributed by atoms with Crippen molar-refractivity contribution in [2.75, 3.05) is 12.4 Å². The highest BCUT2D eigenvalue weighted by Crippen LogP contribution is 2.31. The molecular formula is C24H26ClN3O4. The number of carbonyl (C=O) groups excluding carboxylic acids is 3. The lowest BCUT2D eigenvalue weighted by Gasteiger charge is -2.48. The van der Waals surface area contributed by atoms with Crippen molar-refractivity contribution in [1.82, 2.24) is 10.2 Å². The topological polar surface area (TPSA) is 87.7 Å². The molecule has 0 aromatic heterocycles. The third-order valence-electron chi connectivity index (χ3n) is 6.11. The zero-order valence-electron chi connectivity index (χ0n) is 17.8. The Morgan fingerprint density at radius 3 is 2.62 bits per heavy atom. The summed E-state index contributed by atoms with van der Waals surface area (Å²) in [5, 5.41) is 6.33. The van der Waals surface area contributed by atoms with Crippen LogP contribution < -0.4 is 15.4 Å². The number of halogens is 1.